The lowest BCUT2D eigenvalue weighted by Gasteiger charge is -2.29. The van der Waals surface area contributed by atoms with Gasteiger partial charge in [0.25, 0.3) is 0 Å². The molecule has 0 unspecified atom stereocenters. The highest BCUT2D eigenvalue weighted by Crippen LogP contribution is 2.34. The third-order valence-corrected chi connectivity index (χ3v) is 4.09. The Hall–Kier alpha value is -2.60. The van der Waals surface area contributed by atoms with Gasteiger partial charge in [-0.2, -0.15) is 0 Å². The fourth-order valence-corrected chi connectivity index (χ4v) is 2.64. The summed E-state index contributed by atoms with van der Waals surface area (Å²) >= 11 is 0. The second-order valence-corrected chi connectivity index (χ2v) is 5.68. The van der Waals surface area contributed by atoms with Crippen molar-refractivity contribution in [2.75, 3.05) is 49.8 Å². The monoisotopic (exact) mass is 329 g/mol. The Labute approximate surface area is 141 Å². The maximum Gasteiger partial charge on any atom is 0.146 e. The van der Waals surface area contributed by atoms with Crippen molar-refractivity contribution >= 4 is 17.1 Å². The van der Waals surface area contributed by atoms with Crippen molar-refractivity contribution in [3.05, 3.63) is 42.0 Å². The normalized spacial score (nSPS) is 14.5. The molecular formula is C18H23N3O3. The molecule has 1 fully saturated rings. The third kappa shape index (κ3) is 3.65. The number of morpholine rings is 1. The van der Waals surface area contributed by atoms with Crippen LogP contribution >= 0.6 is 0 Å². The van der Waals surface area contributed by atoms with Crippen LogP contribution in [0.2, 0.25) is 0 Å². The summed E-state index contributed by atoms with van der Waals surface area (Å²) < 4.78 is 16.5. The first-order valence-electron chi connectivity index (χ1n) is 7.95. The SMILES string of the molecule is COc1ccc(COc2cc(N3CCOCC3)cc(N)c2N)cc1. The first-order chi connectivity index (χ1) is 11.7. The van der Waals surface area contributed by atoms with Crippen LogP contribution in [0.3, 0.4) is 0 Å². The van der Waals surface area contributed by atoms with Crippen molar-refractivity contribution in [3.63, 3.8) is 0 Å². The molecule has 0 aromatic heterocycles. The van der Waals surface area contributed by atoms with Crippen molar-refractivity contribution in [1.82, 2.24) is 0 Å². The smallest absolute Gasteiger partial charge is 0.146 e. The van der Waals surface area contributed by atoms with Gasteiger partial charge in [0.2, 0.25) is 0 Å². The molecule has 0 atom stereocenters. The number of nitrogens with zero attached hydrogens (tertiary/aromatic N) is 1. The summed E-state index contributed by atoms with van der Waals surface area (Å²) in [6.07, 6.45) is 0. The molecule has 1 aliphatic rings. The fraction of sp³-hybridized carbons (Fsp3) is 0.333. The van der Waals surface area contributed by atoms with Crippen LogP contribution in [-0.2, 0) is 11.3 Å². The topological polar surface area (TPSA) is 83.0 Å². The average Bonchev–Trinajstić information content (AvgIpc) is 2.64. The van der Waals surface area contributed by atoms with Gasteiger partial charge < -0.3 is 30.6 Å². The Morgan fingerprint density at radius 1 is 1.08 bits per heavy atom. The minimum Gasteiger partial charge on any atom is -0.497 e. The van der Waals surface area contributed by atoms with Crippen molar-refractivity contribution in [2.45, 2.75) is 6.61 Å². The quantitative estimate of drug-likeness (QED) is 0.819. The largest absolute Gasteiger partial charge is 0.497 e. The maximum atomic E-state index is 6.08. The number of hydrogen-bond acceptors (Lipinski definition) is 6. The number of ether oxygens (including phenoxy) is 3. The molecule has 0 saturated carbocycles. The van der Waals surface area contributed by atoms with E-state index in [0.717, 1.165) is 30.1 Å². The lowest BCUT2D eigenvalue weighted by atomic mass is 10.2. The molecule has 0 aliphatic carbocycles. The summed E-state index contributed by atoms with van der Waals surface area (Å²) in [7, 11) is 1.64. The average molecular weight is 329 g/mol. The van der Waals surface area contributed by atoms with Crippen LogP contribution in [0.15, 0.2) is 36.4 Å². The Morgan fingerprint density at radius 3 is 2.46 bits per heavy atom. The van der Waals surface area contributed by atoms with Gasteiger partial charge in [0, 0.05) is 24.8 Å². The molecule has 6 nitrogen and oxygen atoms in total. The van der Waals surface area contributed by atoms with Crippen molar-refractivity contribution in [1.29, 1.82) is 0 Å². The van der Waals surface area contributed by atoms with E-state index >= 15 is 0 Å². The highest BCUT2D eigenvalue weighted by Gasteiger charge is 2.15. The lowest BCUT2D eigenvalue weighted by molar-refractivity contribution is 0.122. The van der Waals surface area contributed by atoms with Crippen LogP contribution in [-0.4, -0.2) is 33.4 Å². The number of nitrogen functional groups attached to an aromatic ring is 2. The van der Waals surface area contributed by atoms with Gasteiger partial charge in [-0.3, -0.25) is 0 Å². The van der Waals surface area contributed by atoms with Crippen LogP contribution in [0.4, 0.5) is 17.1 Å². The Bertz CT molecular complexity index is 683. The summed E-state index contributed by atoms with van der Waals surface area (Å²) in [4.78, 5) is 2.22. The summed E-state index contributed by atoms with van der Waals surface area (Å²) in [5.74, 6) is 1.42. The van der Waals surface area contributed by atoms with E-state index in [1.807, 2.05) is 36.4 Å². The second-order valence-electron chi connectivity index (χ2n) is 5.68. The molecule has 0 bridgehead atoms. The van der Waals surface area contributed by atoms with Gasteiger partial charge in [-0.1, -0.05) is 12.1 Å². The molecule has 0 amide bonds. The van der Waals surface area contributed by atoms with Crippen LogP contribution in [0.1, 0.15) is 5.56 Å². The Balaban J connectivity index is 1.74. The molecular weight excluding hydrogens is 306 g/mol. The van der Waals surface area contributed by atoms with Crippen LogP contribution in [0, 0.1) is 0 Å². The minimum atomic E-state index is 0.417. The predicted molar refractivity (Wildman–Crippen MR) is 95.6 cm³/mol. The standard InChI is InChI=1S/C18H23N3O3/c1-22-15-4-2-13(3-5-15)12-24-17-11-14(10-16(19)18(17)20)21-6-8-23-9-7-21/h2-5,10-11H,6-9,12,19-20H2,1H3. The lowest BCUT2D eigenvalue weighted by Crippen LogP contribution is -2.36. The van der Waals surface area contributed by atoms with E-state index in [2.05, 4.69) is 4.90 Å². The molecule has 128 valence electrons. The molecule has 6 heteroatoms. The molecule has 1 aliphatic heterocycles. The number of methoxy groups -OCH3 is 1. The Kier molecular flexibility index (Phi) is 4.96. The van der Waals surface area contributed by atoms with Gasteiger partial charge in [-0.15, -0.1) is 0 Å². The van der Waals surface area contributed by atoms with E-state index in [1.54, 1.807) is 7.11 Å². The number of anilines is 3. The highest BCUT2D eigenvalue weighted by atomic mass is 16.5. The van der Waals surface area contributed by atoms with E-state index in [0.29, 0.717) is 36.9 Å². The molecule has 2 aromatic rings. The van der Waals surface area contributed by atoms with Gasteiger partial charge >= 0.3 is 0 Å². The molecule has 4 N–H and O–H groups in total. The number of hydrogen-bond donors (Lipinski definition) is 2. The van der Waals surface area contributed by atoms with Crippen LogP contribution < -0.4 is 25.8 Å². The second kappa shape index (κ2) is 7.31. The zero-order valence-corrected chi connectivity index (χ0v) is 13.8. The maximum absolute atomic E-state index is 6.08. The van der Waals surface area contributed by atoms with E-state index in [1.165, 1.54) is 0 Å². The van der Waals surface area contributed by atoms with E-state index in [4.69, 9.17) is 25.7 Å². The van der Waals surface area contributed by atoms with Crippen molar-refractivity contribution < 1.29 is 14.2 Å². The van der Waals surface area contributed by atoms with E-state index < -0.39 is 0 Å². The number of rotatable bonds is 5. The van der Waals surface area contributed by atoms with E-state index in [9.17, 15) is 0 Å². The fourth-order valence-electron chi connectivity index (χ4n) is 2.64. The predicted octanol–water partition coefficient (Wildman–Crippen LogP) is 2.28. The summed E-state index contributed by atoms with van der Waals surface area (Å²) in [5.41, 5.74) is 15.2. The first-order valence-corrected chi connectivity index (χ1v) is 7.95. The van der Waals surface area contributed by atoms with Crippen LogP contribution in [0.5, 0.6) is 11.5 Å². The van der Waals surface area contributed by atoms with Gasteiger partial charge in [0.15, 0.2) is 0 Å². The zero-order valence-electron chi connectivity index (χ0n) is 13.8. The zero-order chi connectivity index (χ0) is 16.9. The molecule has 2 aromatic carbocycles. The summed E-state index contributed by atoms with van der Waals surface area (Å²) in [6, 6.07) is 11.6. The van der Waals surface area contributed by atoms with Crippen molar-refractivity contribution in [3.8, 4) is 11.5 Å². The Morgan fingerprint density at radius 2 is 1.79 bits per heavy atom. The first kappa shape index (κ1) is 16.3. The van der Waals surface area contributed by atoms with E-state index in [-0.39, 0.29) is 0 Å². The number of nitrogens with two attached hydrogens (primary N) is 2. The molecule has 1 heterocycles. The van der Waals surface area contributed by atoms with Crippen molar-refractivity contribution in [2.24, 2.45) is 0 Å². The van der Waals surface area contributed by atoms with Gasteiger partial charge in [0.1, 0.15) is 18.1 Å². The summed E-state index contributed by atoms with van der Waals surface area (Å²) in [6.45, 7) is 3.52. The molecule has 1 saturated heterocycles. The molecule has 0 spiro atoms. The highest BCUT2D eigenvalue weighted by molar-refractivity contribution is 5.77. The third-order valence-electron chi connectivity index (χ3n) is 4.09. The molecule has 24 heavy (non-hydrogen) atoms. The minimum absolute atomic E-state index is 0.417. The van der Waals surface area contributed by atoms with Gasteiger partial charge in [-0.05, 0) is 23.8 Å². The molecule has 0 radical (unpaired) electrons. The summed E-state index contributed by atoms with van der Waals surface area (Å²) in [5, 5.41) is 0. The number of benzene rings is 2. The van der Waals surface area contributed by atoms with Crippen LogP contribution in [0.25, 0.3) is 0 Å². The molecule has 3 rings (SSSR count). The van der Waals surface area contributed by atoms with Gasteiger partial charge in [0.05, 0.1) is 31.7 Å². The van der Waals surface area contributed by atoms with Gasteiger partial charge in [-0.25, -0.2) is 0 Å².